The highest BCUT2D eigenvalue weighted by Gasteiger charge is 2.27. The molecule has 0 radical (unpaired) electrons. The van der Waals surface area contributed by atoms with Gasteiger partial charge in [0, 0.05) is 23.7 Å². The van der Waals surface area contributed by atoms with Gasteiger partial charge < -0.3 is 24.5 Å². The molecule has 0 spiro atoms. The van der Waals surface area contributed by atoms with Crippen LogP contribution in [0.1, 0.15) is 49.2 Å². The summed E-state index contributed by atoms with van der Waals surface area (Å²) in [4.78, 5) is 12.8. The lowest BCUT2D eigenvalue weighted by molar-refractivity contribution is 0.0998. The Bertz CT molecular complexity index is 1070. The second-order valence-electron chi connectivity index (χ2n) is 8.72. The van der Waals surface area contributed by atoms with Crippen LogP contribution in [0, 0.1) is 11.8 Å². The fourth-order valence-corrected chi connectivity index (χ4v) is 4.56. The van der Waals surface area contributed by atoms with Crippen molar-refractivity contribution in [2.75, 3.05) is 19.5 Å². The number of amides is 1. The van der Waals surface area contributed by atoms with Crippen molar-refractivity contribution in [2.24, 2.45) is 11.8 Å². The molecule has 170 valence electrons. The lowest BCUT2D eigenvalue weighted by Crippen LogP contribution is -2.40. The number of hydrogen-bond donors (Lipinski definition) is 2. The van der Waals surface area contributed by atoms with E-state index >= 15 is 0 Å². The summed E-state index contributed by atoms with van der Waals surface area (Å²) in [6, 6.07) is 13.4. The van der Waals surface area contributed by atoms with E-state index in [4.69, 9.17) is 13.9 Å². The monoisotopic (exact) mass is 436 g/mol. The molecule has 6 heteroatoms. The largest absolute Gasteiger partial charge is 0.497 e. The summed E-state index contributed by atoms with van der Waals surface area (Å²) in [6.07, 6.45) is 3.77. The fourth-order valence-electron chi connectivity index (χ4n) is 4.56. The number of benzene rings is 2. The number of hydrogen-bond acceptors (Lipinski definition) is 5. The van der Waals surface area contributed by atoms with Gasteiger partial charge in [-0.25, -0.2) is 0 Å². The molecule has 3 aromatic rings. The van der Waals surface area contributed by atoms with Crippen LogP contribution in [0.5, 0.6) is 11.5 Å². The molecule has 3 unspecified atom stereocenters. The molecule has 32 heavy (non-hydrogen) atoms. The summed E-state index contributed by atoms with van der Waals surface area (Å²) < 4.78 is 16.6. The Morgan fingerprint density at radius 3 is 2.56 bits per heavy atom. The topological polar surface area (TPSA) is 72.7 Å². The lowest BCUT2D eigenvalue weighted by Gasteiger charge is -2.34. The maximum atomic E-state index is 12.8. The summed E-state index contributed by atoms with van der Waals surface area (Å²) in [5, 5.41) is 7.52. The third kappa shape index (κ3) is 4.60. The number of fused-ring (bicyclic) bond motifs is 1. The Balaban J connectivity index is 1.55. The number of rotatable bonds is 7. The van der Waals surface area contributed by atoms with Crippen molar-refractivity contribution in [1.29, 1.82) is 0 Å². The van der Waals surface area contributed by atoms with Gasteiger partial charge in [0.2, 0.25) is 0 Å². The Labute approximate surface area is 189 Å². The zero-order valence-corrected chi connectivity index (χ0v) is 19.2. The van der Waals surface area contributed by atoms with Gasteiger partial charge in [-0.3, -0.25) is 4.79 Å². The molecule has 3 atom stereocenters. The van der Waals surface area contributed by atoms with E-state index in [-0.39, 0.29) is 11.7 Å². The standard InChI is InChI=1S/C26H32N2O4/c1-16-6-5-7-22(17(16)2)27-15-18-8-13-23(31-4)25-21(18)14-24(32-25)26(29)28-19-9-11-20(30-3)12-10-19/h8-14,16-17,22,27H,5-7,15H2,1-4H3,(H,28,29). The molecule has 6 nitrogen and oxygen atoms in total. The van der Waals surface area contributed by atoms with Crippen molar-refractivity contribution in [1.82, 2.24) is 5.32 Å². The van der Waals surface area contributed by atoms with Gasteiger partial charge in [0.05, 0.1) is 14.2 Å². The molecule has 1 saturated carbocycles. The van der Waals surface area contributed by atoms with Gasteiger partial charge in [-0.05, 0) is 60.2 Å². The summed E-state index contributed by atoms with van der Waals surface area (Å²) in [7, 11) is 3.22. The molecule has 1 aliphatic carbocycles. The number of furan rings is 1. The highest BCUT2D eigenvalue weighted by Crippen LogP contribution is 2.33. The summed E-state index contributed by atoms with van der Waals surface area (Å²) in [5.41, 5.74) is 2.36. The van der Waals surface area contributed by atoms with Gasteiger partial charge >= 0.3 is 0 Å². The predicted octanol–water partition coefficient (Wildman–Crippen LogP) is 5.62. The molecule has 4 rings (SSSR count). The van der Waals surface area contributed by atoms with Crippen LogP contribution in [0.15, 0.2) is 46.9 Å². The van der Waals surface area contributed by atoms with Gasteiger partial charge in [0.1, 0.15) is 5.75 Å². The van der Waals surface area contributed by atoms with E-state index in [0.29, 0.717) is 29.0 Å². The first-order valence-electron chi connectivity index (χ1n) is 11.3. The first kappa shape index (κ1) is 22.2. The minimum absolute atomic E-state index is 0.251. The predicted molar refractivity (Wildman–Crippen MR) is 127 cm³/mol. The van der Waals surface area contributed by atoms with E-state index in [1.54, 1.807) is 44.6 Å². The Hall–Kier alpha value is -2.99. The van der Waals surface area contributed by atoms with E-state index in [0.717, 1.165) is 29.2 Å². The smallest absolute Gasteiger partial charge is 0.291 e. The quantitative estimate of drug-likeness (QED) is 0.503. The average Bonchev–Trinajstić information content (AvgIpc) is 3.26. The second-order valence-corrected chi connectivity index (χ2v) is 8.72. The number of nitrogens with one attached hydrogen (secondary N) is 2. The third-order valence-corrected chi connectivity index (χ3v) is 6.79. The SMILES string of the molecule is COc1ccc(NC(=O)c2cc3c(CNC4CCCC(C)C4C)ccc(OC)c3o2)cc1. The number of anilines is 1. The maximum Gasteiger partial charge on any atom is 0.291 e. The molecule has 0 bridgehead atoms. The van der Waals surface area contributed by atoms with Crippen molar-refractivity contribution >= 4 is 22.6 Å². The highest BCUT2D eigenvalue weighted by atomic mass is 16.5. The van der Waals surface area contributed by atoms with E-state index in [1.165, 1.54) is 19.3 Å². The maximum absolute atomic E-state index is 12.8. The first-order valence-corrected chi connectivity index (χ1v) is 11.3. The Kier molecular flexibility index (Phi) is 6.70. The van der Waals surface area contributed by atoms with Crippen LogP contribution in [-0.2, 0) is 6.54 Å². The molecular formula is C26H32N2O4. The molecule has 1 aromatic heterocycles. The molecule has 1 fully saturated rings. The normalized spacial score (nSPS) is 20.8. The molecular weight excluding hydrogens is 404 g/mol. The fraction of sp³-hybridized carbons (Fsp3) is 0.423. The van der Waals surface area contributed by atoms with Crippen molar-refractivity contribution in [2.45, 2.75) is 45.7 Å². The van der Waals surface area contributed by atoms with E-state index in [9.17, 15) is 4.79 Å². The molecule has 0 saturated heterocycles. The first-order chi connectivity index (χ1) is 15.5. The number of methoxy groups -OCH3 is 2. The Morgan fingerprint density at radius 1 is 1.06 bits per heavy atom. The van der Waals surface area contributed by atoms with Crippen molar-refractivity contribution in [3.8, 4) is 11.5 Å². The molecule has 2 N–H and O–H groups in total. The zero-order chi connectivity index (χ0) is 22.7. The van der Waals surface area contributed by atoms with Gasteiger partial charge in [-0.15, -0.1) is 0 Å². The summed E-state index contributed by atoms with van der Waals surface area (Å²) in [6.45, 7) is 5.40. The minimum atomic E-state index is -0.304. The van der Waals surface area contributed by atoms with Gasteiger partial charge in [0.25, 0.3) is 5.91 Å². The molecule has 1 amide bonds. The summed E-state index contributed by atoms with van der Waals surface area (Å²) in [5.74, 6) is 2.68. The number of carbonyl (C=O) groups excluding carboxylic acids is 1. The van der Waals surface area contributed by atoms with Crippen LogP contribution in [0.4, 0.5) is 5.69 Å². The van der Waals surface area contributed by atoms with Crippen LogP contribution in [0.2, 0.25) is 0 Å². The molecule has 1 aliphatic rings. The molecule has 1 heterocycles. The van der Waals surface area contributed by atoms with Crippen molar-refractivity contribution in [3.63, 3.8) is 0 Å². The van der Waals surface area contributed by atoms with E-state index in [1.807, 2.05) is 12.1 Å². The van der Waals surface area contributed by atoms with Crippen LogP contribution in [0.25, 0.3) is 11.0 Å². The minimum Gasteiger partial charge on any atom is -0.497 e. The molecule has 2 aromatic carbocycles. The third-order valence-electron chi connectivity index (χ3n) is 6.79. The van der Waals surface area contributed by atoms with Crippen LogP contribution in [-0.4, -0.2) is 26.2 Å². The Morgan fingerprint density at radius 2 is 1.84 bits per heavy atom. The van der Waals surface area contributed by atoms with Gasteiger partial charge in [-0.1, -0.05) is 32.8 Å². The van der Waals surface area contributed by atoms with E-state index in [2.05, 4.69) is 24.5 Å². The zero-order valence-electron chi connectivity index (χ0n) is 19.2. The van der Waals surface area contributed by atoms with Crippen LogP contribution >= 0.6 is 0 Å². The lowest BCUT2D eigenvalue weighted by atomic mass is 9.78. The van der Waals surface area contributed by atoms with E-state index < -0.39 is 0 Å². The number of carbonyl (C=O) groups is 1. The van der Waals surface area contributed by atoms with Gasteiger partial charge in [-0.2, -0.15) is 0 Å². The van der Waals surface area contributed by atoms with Crippen molar-refractivity contribution in [3.05, 3.63) is 53.8 Å². The average molecular weight is 437 g/mol. The highest BCUT2D eigenvalue weighted by molar-refractivity contribution is 6.05. The van der Waals surface area contributed by atoms with Crippen LogP contribution < -0.4 is 20.1 Å². The van der Waals surface area contributed by atoms with Crippen LogP contribution in [0.3, 0.4) is 0 Å². The van der Waals surface area contributed by atoms with Crippen molar-refractivity contribution < 1.29 is 18.7 Å². The van der Waals surface area contributed by atoms with Gasteiger partial charge in [0.15, 0.2) is 17.1 Å². The second kappa shape index (κ2) is 9.65. The molecule has 0 aliphatic heterocycles. The number of ether oxygens (including phenoxy) is 2. The summed E-state index contributed by atoms with van der Waals surface area (Å²) >= 11 is 0.